The van der Waals surface area contributed by atoms with E-state index in [1.807, 2.05) is 0 Å². The first-order chi connectivity index (χ1) is 7.60. The molecule has 1 atom stereocenters. The van der Waals surface area contributed by atoms with Gasteiger partial charge in [-0.2, -0.15) is 12.6 Å². The number of benzene rings is 1. The molecule has 1 rings (SSSR count). The SMILES string of the molecule is COc1ccc(C(C)CCS)cc1C(C)C. The van der Waals surface area contributed by atoms with Crippen LogP contribution >= 0.6 is 12.6 Å². The summed E-state index contributed by atoms with van der Waals surface area (Å²) in [7, 11) is 1.73. The van der Waals surface area contributed by atoms with Gasteiger partial charge in [-0.1, -0.05) is 32.9 Å². The zero-order chi connectivity index (χ0) is 12.1. The van der Waals surface area contributed by atoms with Gasteiger partial charge in [0.2, 0.25) is 0 Å². The van der Waals surface area contributed by atoms with E-state index >= 15 is 0 Å². The lowest BCUT2D eigenvalue weighted by atomic mass is 9.93. The van der Waals surface area contributed by atoms with Gasteiger partial charge in [-0.15, -0.1) is 0 Å². The maximum Gasteiger partial charge on any atom is 0.122 e. The average Bonchev–Trinajstić information content (AvgIpc) is 2.28. The van der Waals surface area contributed by atoms with Crippen LogP contribution in [-0.4, -0.2) is 12.9 Å². The number of thiol groups is 1. The standard InChI is InChI=1S/C14H22OS/c1-10(2)13-9-12(11(3)7-8-16)5-6-14(13)15-4/h5-6,9-11,16H,7-8H2,1-4H3. The molecule has 0 aliphatic heterocycles. The molecule has 90 valence electrons. The van der Waals surface area contributed by atoms with Crippen molar-refractivity contribution in [2.45, 2.75) is 39.0 Å². The van der Waals surface area contributed by atoms with E-state index in [4.69, 9.17) is 4.74 Å². The molecule has 1 aromatic carbocycles. The van der Waals surface area contributed by atoms with Crippen molar-refractivity contribution in [2.75, 3.05) is 12.9 Å². The van der Waals surface area contributed by atoms with Crippen molar-refractivity contribution >= 4 is 12.6 Å². The number of rotatable bonds is 5. The van der Waals surface area contributed by atoms with Gasteiger partial charge >= 0.3 is 0 Å². The molecule has 0 saturated heterocycles. The Balaban J connectivity index is 3.01. The molecule has 0 radical (unpaired) electrons. The Labute approximate surface area is 105 Å². The molecule has 0 heterocycles. The van der Waals surface area contributed by atoms with Crippen LogP contribution in [0.5, 0.6) is 5.75 Å². The fourth-order valence-corrected chi connectivity index (χ4v) is 2.26. The molecule has 0 N–H and O–H groups in total. The van der Waals surface area contributed by atoms with Crippen LogP contribution in [-0.2, 0) is 0 Å². The van der Waals surface area contributed by atoms with E-state index in [0.29, 0.717) is 11.8 Å². The van der Waals surface area contributed by atoms with Crippen LogP contribution < -0.4 is 4.74 Å². The molecule has 0 fully saturated rings. The molecule has 1 nitrogen and oxygen atoms in total. The summed E-state index contributed by atoms with van der Waals surface area (Å²) >= 11 is 4.29. The van der Waals surface area contributed by atoms with E-state index in [9.17, 15) is 0 Å². The van der Waals surface area contributed by atoms with Crippen LogP contribution in [0.1, 0.15) is 50.2 Å². The van der Waals surface area contributed by atoms with Crippen molar-refractivity contribution in [1.82, 2.24) is 0 Å². The van der Waals surface area contributed by atoms with Gasteiger partial charge in [0, 0.05) is 0 Å². The summed E-state index contributed by atoms with van der Waals surface area (Å²) < 4.78 is 5.39. The molecule has 2 heteroatoms. The van der Waals surface area contributed by atoms with Gasteiger partial charge in [0.25, 0.3) is 0 Å². The fraction of sp³-hybridized carbons (Fsp3) is 0.571. The van der Waals surface area contributed by atoms with Crippen LogP contribution in [0.25, 0.3) is 0 Å². The second kappa shape index (κ2) is 6.19. The second-order valence-corrected chi connectivity index (χ2v) is 5.02. The van der Waals surface area contributed by atoms with Crippen molar-refractivity contribution in [3.63, 3.8) is 0 Å². The number of methoxy groups -OCH3 is 1. The summed E-state index contributed by atoms with van der Waals surface area (Å²) in [6.45, 7) is 6.65. The predicted octanol–water partition coefficient (Wildman–Crippen LogP) is 4.24. The number of hydrogen-bond acceptors (Lipinski definition) is 2. The van der Waals surface area contributed by atoms with E-state index in [1.54, 1.807) is 7.11 Å². The van der Waals surface area contributed by atoms with Crippen LogP contribution in [0.4, 0.5) is 0 Å². The van der Waals surface area contributed by atoms with Crippen molar-refractivity contribution in [3.8, 4) is 5.75 Å². The predicted molar refractivity (Wildman–Crippen MR) is 74.0 cm³/mol. The van der Waals surface area contributed by atoms with Gasteiger partial charge in [0.15, 0.2) is 0 Å². The Bertz CT molecular complexity index is 334. The first kappa shape index (κ1) is 13.4. The van der Waals surface area contributed by atoms with E-state index in [-0.39, 0.29) is 0 Å². The second-order valence-electron chi connectivity index (χ2n) is 4.57. The first-order valence-electron chi connectivity index (χ1n) is 5.88. The van der Waals surface area contributed by atoms with E-state index in [1.165, 1.54) is 11.1 Å². The van der Waals surface area contributed by atoms with Gasteiger partial charge < -0.3 is 4.74 Å². The third-order valence-corrected chi connectivity index (χ3v) is 3.27. The van der Waals surface area contributed by atoms with Crippen molar-refractivity contribution in [1.29, 1.82) is 0 Å². The minimum absolute atomic E-state index is 0.498. The zero-order valence-corrected chi connectivity index (χ0v) is 11.6. The maximum absolute atomic E-state index is 5.39. The smallest absolute Gasteiger partial charge is 0.122 e. The molecule has 16 heavy (non-hydrogen) atoms. The molecule has 0 aliphatic carbocycles. The highest BCUT2D eigenvalue weighted by Gasteiger charge is 2.11. The Morgan fingerprint density at radius 2 is 1.94 bits per heavy atom. The summed E-state index contributed by atoms with van der Waals surface area (Å²) in [5, 5.41) is 0. The lowest BCUT2D eigenvalue weighted by Crippen LogP contribution is -1.99. The van der Waals surface area contributed by atoms with E-state index < -0.39 is 0 Å². The zero-order valence-electron chi connectivity index (χ0n) is 10.7. The average molecular weight is 238 g/mol. The summed E-state index contributed by atoms with van der Waals surface area (Å²) in [5.74, 6) is 3.00. The largest absolute Gasteiger partial charge is 0.496 e. The minimum atomic E-state index is 0.498. The van der Waals surface area contributed by atoms with Gasteiger partial charge in [-0.3, -0.25) is 0 Å². The summed E-state index contributed by atoms with van der Waals surface area (Å²) in [6.07, 6.45) is 1.12. The molecule has 0 saturated carbocycles. The summed E-state index contributed by atoms with van der Waals surface area (Å²) in [5.41, 5.74) is 2.68. The molecular weight excluding hydrogens is 216 g/mol. The molecule has 0 bridgehead atoms. The summed E-state index contributed by atoms with van der Waals surface area (Å²) in [4.78, 5) is 0. The molecule has 0 aliphatic rings. The Morgan fingerprint density at radius 3 is 2.44 bits per heavy atom. The molecule has 0 aromatic heterocycles. The molecular formula is C14H22OS. The molecule has 1 aromatic rings. The van der Waals surface area contributed by atoms with E-state index in [0.717, 1.165) is 17.9 Å². The monoisotopic (exact) mass is 238 g/mol. The lowest BCUT2D eigenvalue weighted by Gasteiger charge is -2.16. The third-order valence-electron chi connectivity index (χ3n) is 3.01. The Kier molecular flexibility index (Phi) is 5.20. The highest BCUT2D eigenvalue weighted by atomic mass is 32.1. The quantitative estimate of drug-likeness (QED) is 0.755. The van der Waals surface area contributed by atoms with Crippen LogP contribution in [0, 0.1) is 0 Å². The van der Waals surface area contributed by atoms with Crippen molar-refractivity contribution in [2.24, 2.45) is 0 Å². The maximum atomic E-state index is 5.39. The minimum Gasteiger partial charge on any atom is -0.496 e. The normalized spacial score (nSPS) is 12.9. The van der Waals surface area contributed by atoms with Crippen molar-refractivity contribution in [3.05, 3.63) is 29.3 Å². The molecule has 0 amide bonds. The Hall–Kier alpha value is -0.630. The number of hydrogen-bond donors (Lipinski definition) is 1. The van der Waals surface area contributed by atoms with Gasteiger partial charge in [-0.25, -0.2) is 0 Å². The van der Waals surface area contributed by atoms with Crippen LogP contribution in [0.2, 0.25) is 0 Å². The lowest BCUT2D eigenvalue weighted by molar-refractivity contribution is 0.407. The van der Waals surface area contributed by atoms with E-state index in [2.05, 4.69) is 51.6 Å². The van der Waals surface area contributed by atoms with Crippen LogP contribution in [0.15, 0.2) is 18.2 Å². The molecule has 0 spiro atoms. The first-order valence-corrected chi connectivity index (χ1v) is 6.52. The van der Waals surface area contributed by atoms with Gasteiger partial charge in [0.1, 0.15) is 5.75 Å². The fourth-order valence-electron chi connectivity index (χ4n) is 1.87. The van der Waals surface area contributed by atoms with Crippen LogP contribution in [0.3, 0.4) is 0 Å². The number of ether oxygens (including phenoxy) is 1. The van der Waals surface area contributed by atoms with Crippen molar-refractivity contribution < 1.29 is 4.74 Å². The van der Waals surface area contributed by atoms with Gasteiger partial charge in [0.05, 0.1) is 7.11 Å². The highest BCUT2D eigenvalue weighted by Crippen LogP contribution is 2.30. The Morgan fingerprint density at radius 1 is 1.25 bits per heavy atom. The third kappa shape index (κ3) is 3.18. The topological polar surface area (TPSA) is 9.23 Å². The van der Waals surface area contributed by atoms with Gasteiger partial charge in [-0.05, 0) is 41.2 Å². The highest BCUT2D eigenvalue weighted by molar-refractivity contribution is 7.80. The molecule has 1 unspecified atom stereocenters. The summed E-state index contributed by atoms with van der Waals surface area (Å²) in [6, 6.07) is 6.52.